The molecule has 0 bridgehead atoms. The van der Waals surface area contributed by atoms with Crippen molar-refractivity contribution in [2.24, 2.45) is 0 Å². The van der Waals surface area contributed by atoms with E-state index in [-0.39, 0.29) is 12.3 Å². The molecule has 0 aliphatic carbocycles. The summed E-state index contributed by atoms with van der Waals surface area (Å²) in [6.45, 7) is 0. The molecule has 5 nitrogen and oxygen atoms in total. The molecule has 0 saturated carbocycles. The first-order valence-corrected chi connectivity index (χ1v) is 4.16. The summed E-state index contributed by atoms with van der Waals surface area (Å²) < 4.78 is 5.07. The van der Waals surface area contributed by atoms with Gasteiger partial charge in [-0.25, -0.2) is 9.97 Å². The van der Waals surface area contributed by atoms with Crippen molar-refractivity contribution >= 4 is 28.8 Å². The Morgan fingerprint density at radius 2 is 2.43 bits per heavy atom. The number of aromatic nitrogens is 2. The minimum Gasteiger partial charge on any atom is -0.481 e. The number of rotatable bonds is 2. The molecular formula is C8H5ClN2O3. The number of halogens is 1. The number of carboxylic acid groups (broad SMARTS) is 1. The number of hydrogen-bond acceptors (Lipinski definition) is 4. The molecule has 2 aromatic heterocycles. The Kier molecular flexibility index (Phi) is 2.09. The molecule has 2 aromatic rings. The molecule has 1 N–H and O–H groups in total. The van der Waals surface area contributed by atoms with E-state index in [0.717, 1.165) is 0 Å². The van der Waals surface area contributed by atoms with Gasteiger partial charge in [-0.1, -0.05) is 11.6 Å². The van der Waals surface area contributed by atoms with Crippen LogP contribution in [0, 0.1) is 0 Å². The van der Waals surface area contributed by atoms with Crippen LogP contribution in [0.15, 0.2) is 16.7 Å². The first kappa shape index (κ1) is 8.96. The number of carbonyl (C=O) groups is 1. The SMILES string of the molecule is O=C(O)Cc1nc2cc(Cl)cnc2o1. The Labute approximate surface area is 83.3 Å². The fourth-order valence-electron chi connectivity index (χ4n) is 1.05. The van der Waals surface area contributed by atoms with Gasteiger partial charge in [0.1, 0.15) is 11.9 Å². The van der Waals surface area contributed by atoms with Gasteiger partial charge in [-0.3, -0.25) is 4.79 Å². The molecule has 2 rings (SSSR count). The minimum atomic E-state index is -0.998. The quantitative estimate of drug-likeness (QED) is 0.817. The smallest absolute Gasteiger partial charge is 0.312 e. The third-order valence-electron chi connectivity index (χ3n) is 1.56. The highest BCUT2D eigenvalue weighted by Gasteiger charge is 2.10. The lowest BCUT2D eigenvalue weighted by Gasteiger charge is -1.85. The molecule has 0 unspecified atom stereocenters. The Hall–Kier alpha value is -1.62. The molecule has 0 saturated heterocycles. The zero-order chi connectivity index (χ0) is 10.1. The van der Waals surface area contributed by atoms with E-state index in [0.29, 0.717) is 16.3 Å². The number of aliphatic carboxylic acids is 1. The molecule has 6 heteroatoms. The second-order valence-electron chi connectivity index (χ2n) is 2.66. The van der Waals surface area contributed by atoms with E-state index in [2.05, 4.69) is 9.97 Å². The average Bonchev–Trinajstić information content (AvgIpc) is 2.44. The van der Waals surface area contributed by atoms with Gasteiger partial charge in [0.25, 0.3) is 0 Å². The van der Waals surface area contributed by atoms with E-state index in [9.17, 15) is 4.79 Å². The second kappa shape index (κ2) is 3.26. The van der Waals surface area contributed by atoms with E-state index in [1.165, 1.54) is 6.20 Å². The van der Waals surface area contributed by atoms with Crippen LogP contribution in [0.25, 0.3) is 11.2 Å². The van der Waals surface area contributed by atoms with Crippen LogP contribution in [0.2, 0.25) is 5.02 Å². The summed E-state index contributed by atoms with van der Waals surface area (Å²) in [4.78, 5) is 18.1. The third kappa shape index (κ3) is 1.67. The Morgan fingerprint density at radius 3 is 3.14 bits per heavy atom. The fourth-order valence-corrected chi connectivity index (χ4v) is 1.20. The molecular weight excluding hydrogens is 208 g/mol. The van der Waals surface area contributed by atoms with Gasteiger partial charge in [0.05, 0.1) is 5.02 Å². The maximum atomic E-state index is 10.4. The summed E-state index contributed by atoms with van der Waals surface area (Å²) in [6, 6.07) is 1.57. The molecule has 72 valence electrons. The lowest BCUT2D eigenvalue weighted by molar-refractivity contribution is -0.136. The third-order valence-corrected chi connectivity index (χ3v) is 1.77. The highest BCUT2D eigenvalue weighted by Crippen LogP contribution is 2.17. The number of carboxylic acids is 1. The highest BCUT2D eigenvalue weighted by molar-refractivity contribution is 6.30. The molecule has 14 heavy (non-hydrogen) atoms. The summed E-state index contributed by atoms with van der Waals surface area (Å²) >= 11 is 5.67. The maximum absolute atomic E-state index is 10.4. The van der Waals surface area contributed by atoms with Gasteiger partial charge >= 0.3 is 5.97 Å². The van der Waals surface area contributed by atoms with Crippen molar-refractivity contribution in [3.63, 3.8) is 0 Å². The van der Waals surface area contributed by atoms with Crippen molar-refractivity contribution in [3.8, 4) is 0 Å². The van der Waals surface area contributed by atoms with E-state index < -0.39 is 5.97 Å². The molecule has 0 spiro atoms. The number of nitrogens with zero attached hydrogens (tertiary/aromatic N) is 2. The summed E-state index contributed by atoms with van der Waals surface area (Å²) in [5.41, 5.74) is 0.763. The number of hydrogen-bond donors (Lipinski definition) is 1. The van der Waals surface area contributed by atoms with Gasteiger partial charge in [-0.2, -0.15) is 0 Å². The van der Waals surface area contributed by atoms with Crippen LogP contribution < -0.4 is 0 Å². The first-order valence-electron chi connectivity index (χ1n) is 3.78. The molecule has 0 aromatic carbocycles. The number of fused-ring (bicyclic) bond motifs is 1. The Morgan fingerprint density at radius 1 is 1.64 bits per heavy atom. The summed E-state index contributed by atoms with van der Waals surface area (Å²) in [6.07, 6.45) is 1.16. The minimum absolute atomic E-state index is 0.127. The van der Waals surface area contributed by atoms with Crippen molar-refractivity contribution in [1.82, 2.24) is 9.97 Å². The van der Waals surface area contributed by atoms with Crippen molar-refractivity contribution in [1.29, 1.82) is 0 Å². The maximum Gasteiger partial charge on any atom is 0.312 e. The first-order chi connectivity index (χ1) is 6.65. The summed E-state index contributed by atoms with van der Waals surface area (Å²) in [5, 5.41) is 8.94. The van der Waals surface area contributed by atoms with Crippen molar-refractivity contribution < 1.29 is 14.3 Å². The van der Waals surface area contributed by atoms with E-state index in [1.807, 2.05) is 0 Å². The molecule has 0 aliphatic heterocycles. The van der Waals surface area contributed by atoms with Gasteiger partial charge in [0, 0.05) is 6.20 Å². The molecule has 0 amide bonds. The lowest BCUT2D eigenvalue weighted by Crippen LogP contribution is -1.99. The van der Waals surface area contributed by atoms with E-state index in [4.69, 9.17) is 21.1 Å². The Balaban J connectivity index is 2.46. The standard InChI is InChI=1S/C8H5ClN2O3/c9-4-1-5-8(10-3-4)14-6(11-5)2-7(12)13/h1,3H,2H2,(H,12,13). The van der Waals surface area contributed by atoms with E-state index in [1.54, 1.807) is 6.07 Å². The fraction of sp³-hybridized carbons (Fsp3) is 0.125. The average molecular weight is 213 g/mol. The monoisotopic (exact) mass is 212 g/mol. The molecule has 2 heterocycles. The largest absolute Gasteiger partial charge is 0.481 e. The van der Waals surface area contributed by atoms with Gasteiger partial charge in [-0.15, -0.1) is 0 Å². The van der Waals surface area contributed by atoms with Crippen LogP contribution >= 0.6 is 11.6 Å². The van der Waals surface area contributed by atoms with Crippen molar-refractivity contribution in [2.45, 2.75) is 6.42 Å². The van der Waals surface area contributed by atoms with Crippen LogP contribution in [0.3, 0.4) is 0 Å². The highest BCUT2D eigenvalue weighted by atomic mass is 35.5. The summed E-state index contributed by atoms with van der Waals surface area (Å²) in [7, 11) is 0. The number of pyridine rings is 1. The van der Waals surface area contributed by atoms with Crippen molar-refractivity contribution in [3.05, 3.63) is 23.2 Å². The van der Waals surface area contributed by atoms with Gasteiger partial charge in [-0.05, 0) is 6.07 Å². The topological polar surface area (TPSA) is 76.2 Å². The van der Waals surface area contributed by atoms with Gasteiger partial charge in [0.2, 0.25) is 11.6 Å². The zero-order valence-corrected chi connectivity index (χ0v) is 7.65. The molecule has 0 atom stereocenters. The van der Waals surface area contributed by atoms with E-state index >= 15 is 0 Å². The predicted molar refractivity (Wildman–Crippen MR) is 48.2 cm³/mol. The molecule has 0 radical (unpaired) electrons. The normalized spacial score (nSPS) is 10.6. The van der Waals surface area contributed by atoms with Crippen molar-refractivity contribution in [2.75, 3.05) is 0 Å². The molecule has 0 aliphatic rings. The predicted octanol–water partition coefficient (Wildman–Crippen LogP) is 1.50. The number of oxazole rings is 1. The zero-order valence-electron chi connectivity index (χ0n) is 6.90. The van der Waals surface area contributed by atoms with Crippen LogP contribution in [-0.2, 0) is 11.2 Å². The van der Waals surface area contributed by atoms with Crippen LogP contribution in [0.5, 0.6) is 0 Å². The summed E-state index contributed by atoms with van der Waals surface area (Å²) in [5.74, 6) is -0.870. The Bertz CT molecular complexity index is 494. The van der Waals surface area contributed by atoms with Gasteiger partial charge in [0.15, 0.2) is 0 Å². The van der Waals surface area contributed by atoms with Crippen LogP contribution in [0.4, 0.5) is 0 Å². The molecule has 0 fully saturated rings. The van der Waals surface area contributed by atoms with Crippen LogP contribution in [0.1, 0.15) is 5.89 Å². The van der Waals surface area contributed by atoms with Crippen LogP contribution in [-0.4, -0.2) is 21.0 Å². The second-order valence-corrected chi connectivity index (χ2v) is 3.09. The van der Waals surface area contributed by atoms with Gasteiger partial charge < -0.3 is 9.52 Å². The lowest BCUT2D eigenvalue weighted by atomic mass is 10.4.